The summed E-state index contributed by atoms with van der Waals surface area (Å²) in [5, 5.41) is 22.1. The molecule has 0 fully saturated rings. The maximum absolute atomic E-state index is 12.9. The molecule has 10 heteroatoms. The minimum atomic E-state index is -0.770. The molecule has 1 aromatic heterocycles. The molecule has 0 saturated carbocycles. The van der Waals surface area contributed by atoms with Gasteiger partial charge in [0.2, 0.25) is 0 Å². The maximum atomic E-state index is 12.9. The highest BCUT2D eigenvalue weighted by Crippen LogP contribution is 2.40. The van der Waals surface area contributed by atoms with Crippen molar-refractivity contribution in [1.82, 2.24) is 4.57 Å². The Morgan fingerprint density at radius 2 is 1.82 bits per heavy atom. The highest BCUT2D eigenvalue weighted by molar-refractivity contribution is 8.18. The zero-order chi connectivity index (χ0) is 27.6. The van der Waals surface area contributed by atoms with Crippen LogP contribution in [0.5, 0.6) is 0 Å². The van der Waals surface area contributed by atoms with Crippen LogP contribution < -0.4 is 0 Å². The van der Waals surface area contributed by atoms with E-state index in [0.29, 0.717) is 10.5 Å². The van der Waals surface area contributed by atoms with Crippen LogP contribution in [0.3, 0.4) is 0 Å². The number of non-ortho nitro benzene ring substituents is 1. The number of hydrogen-bond acceptors (Lipinski definition) is 7. The minimum absolute atomic E-state index is 0.00507. The zero-order valence-electron chi connectivity index (χ0n) is 21.2. The highest BCUT2D eigenvalue weighted by Gasteiger charge is 2.34. The van der Waals surface area contributed by atoms with Gasteiger partial charge in [-0.15, -0.1) is 0 Å². The van der Waals surface area contributed by atoms with Gasteiger partial charge >= 0.3 is 5.97 Å². The molecular formula is C28H25N3O6S. The monoisotopic (exact) mass is 531 g/mol. The normalized spacial score (nSPS) is 15.4. The van der Waals surface area contributed by atoms with Crippen molar-refractivity contribution >= 4 is 40.4 Å². The Morgan fingerprint density at radius 3 is 2.45 bits per heavy atom. The minimum Gasteiger partial charge on any atom is -0.506 e. The van der Waals surface area contributed by atoms with Crippen molar-refractivity contribution in [3.05, 3.63) is 109 Å². The molecule has 4 rings (SSSR count). The van der Waals surface area contributed by atoms with E-state index in [2.05, 4.69) is 4.99 Å². The number of carbonyl (C=O) groups excluding carboxylic acids is 2. The fraction of sp³-hybridized carbons (Fsp3) is 0.179. The number of rotatable bonds is 6. The number of aliphatic hydroxyl groups excluding tert-OH is 1. The molecule has 1 amide bonds. The summed E-state index contributed by atoms with van der Waals surface area (Å²) < 4.78 is 7.06. The first-order valence-corrected chi connectivity index (χ1v) is 12.6. The van der Waals surface area contributed by atoms with E-state index < -0.39 is 16.8 Å². The van der Waals surface area contributed by atoms with E-state index in [-0.39, 0.29) is 28.7 Å². The lowest BCUT2D eigenvalue weighted by Crippen LogP contribution is -2.14. The van der Waals surface area contributed by atoms with Gasteiger partial charge in [-0.05, 0) is 69.2 Å². The van der Waals surface area contributed by atoms with Crippen molar-refractivity contribution < 1.29 is 24.4 Å². The van der Waals surface area contributed by atoms with Crippen LogP contribution in [0.15, 0.2) is 75.8 Å². The summed E-state index contributed by atoms with van der Waals surface area (Å²) in [7, 11) is 0. The smallest absolute Gasteiger partial charge is 0.344 e. The van der Waals surface area contributed by atoms with Crippen LogP contribution in [0.2, 0.25) is 0 Å². The second-order valence-electron chi connectivity index (χ2n) is 8.53. The molecule has 194 valence electrons. The average Bonchev–Trinajstić information content (AvgIpc) is 3.33. The fourth-order valence-corrected chi connectivity index (χ4v) is 5.16. The Labute approximate surface area is 223 Å². The van der Waals surface area contributed by atoms with E-state index in [4.69, 9.17) is 4.74 Å². The average molecular weight is 532 g/mol. The number of ether oxygens (including phenoxy) is 1. The second-order valence-corrected chi connectivity index (χ2v) is 9.56. The summed E-state index contributed by atoms with van der Waals surface area (Å²) in [6.07, 6.45) is 1.71. The fourth-order valence-electron chi connectivity index (χ4n) is 4.15. The number of nitrogens with zero attached hydrogens (tertiary/aromatic N) is 3. The number of carbonyl (C=O) groups is 2. The van der Waals surface area contributed by atoms with Crippen LogP contribution in [0, 0.1) is 30.9 Å². The molecule has 0 aliphatic carbocycles. The number of nitro groups is 1. The Bertz CT molecular complexity index is 1550. The second kappa shape index (κ2) is 10.9. The van der Waals surface area contributed by atoms with Crippen molar-refractivity contribution in [3.8, 4) is 5.69 Å². The van der Waals surface area contributed by atoms with Gasteiger partial charge in [0, 0.05) is 34.8 Å². The molecule has 38 heavy (non-hydrogen) atoms. The number of aromatic nitrogens is 1. The Morgan fingerprint density at radius 1 is 1.13 bits per heavy atom. The summed E-state index contributed by atoms with van der Waals surface area (Å²) >= 11 is 1.01. The van der Waals surface area contributed by atoms with Crippen LogP contribution in [0.25, 0.3) is 11.8 Å². The van der Waals surface area contributed by atoms with E-state index in [9.17, 15) is 24.8 Å². The van der Waals surface area contributed by atoms with Gasteiger partial charge in [-0.1, -0.05) is 30.0 Å². The first-order valence-electron chi connectivity index (χ1n) is 11.8. The SMILES string of the molecule is CCOC(=O)C1=C(O)/C(=C/c2cc(C)n(-c3ccc([N+](=O)[O-])cc3)c2C)SC1=NC(=O)c1ccccc1C. The number of aliphatic imine (C=N–C) groups is 1. The van der Waals surface area contributed by atoms with Crippen molar-refractivity contribution in [2.24, 2.45) is 4.99 Å². The Hall–Kier alpha value is -4.44. The van der Waals surface area contributed by atoms with Gasteiger partial charge in [0.25, 0.3) is 11.6 Å². The third-order valence-corrected chi connectivity index (χ3v) is 7.04. The third-order valence-electron chi connectivity index (χ3n) is 6.02. The molecule has 0 spiro atoms. The summed E-state index contributed by atoms with van der Waals surface area (Å²) in [6, 6.07) is 15.1. The molecule has 1 N–H and O–H groups in total. The summed E-state index contributed by atoms with van der Waals surface area (Å²) in [5.41, 5.74) is 4.15. The number of nitro benzene ring substituents is 1. The largest absolute Gasteiger partial charge is 0.506 e. The lowest BCUT2D eigenvalue weighted by atomic mass is 10.1. The summed E-state index contributed by atoms with van der Waals surface area (Å²) in [5.74, 6) is -1.61. The topological polar surface area (TPSA) is 124 Å². The van der Waals surface area contributed by atoms with E-state index in [0.717, 1.165) is 40.0 Å². The molecule has 3 aromatic rings. The maximum Gasteiger partial charge on any atom is 0.344 e. The molecule has 2 heterocycles. The number of thioether (sulfide) groups is 1. The molecule has 1 aliphatic rings. The Kier molecular flexibility index (Phi) is 7.63. The molecule has 0 bridgehead atoms. The van der Waals surface area contributed by atoms with Gasteiger partial charge in [0.1, 0.15) is 16.4 Å². The first-order chi connectivity index (χ1) is 18.1. The lowest BCUT2D eigenvalue weighted by molar-refractivity contribution is -0.384. The van der Waals surface area contributed by atoms with Crippen molar-refractivity contribution in [1.29, 1.82) is 0 Å². The molecule has 0 atom stereocenters. The molecule has 1 aliphatic heterocycles. The Balaban J connectivity index is 1.75. The highest BCUT2D eigenvalue weighted by atomic mass is 32.2. The number of benzene rings is 2. The van der Waals surface area contributed by atoms with Crippen LogP contribution >= 0.6 is 11.8 Å². The molecule has 0 saturated heterocycles. The lowest BCUT2D eigenvalue weighted by Gasteiger charge is -2.09. The van der Waals surface area contributed by atoms with Gasteiger partial charge in [0.05, 0.1) is 16.4 Å². The number of hydrogen-bond donors (Lipinski definition) is 1. The van der Waals surface area contributed by atoms with Crippen molar-refractivity contribution in [2.75, 3.05) is 6.61 Å². The van der Waals surface area contributed by atoms with Gasteiger partial charge in [0.15, 0.2) is 0 Å². The van der Waals surface area contributed by atoms with E-state index >= 15 is 0 Å². The number of amides is 1. The van der Waals surface area contributed by atoms with Crippen molar-refractivity contribution in [2.45, 2.75) is 27.7 Å². The van der Waals surface area contributed by atoms with E-state index in [1.54, 1.807) is 50.3 Å². The standard InChI is InChI=1S/C28H25N3O6S/c1-5-37-28(34)24-25(32)23(38-27(24)29-26(33)22-9-7-6-8-16(22)2)15-19-14-17(3)30(18(19)4)20-10-12-21(13-11-20)31(35)36/h6-15,32H,5H2,1-4H3/b23-15-,29-27?. The van der Waals surface area contributed by atoms with E-state index in [1.165, 1.54) is 12.1 Å². The van der Waals surface area contributed by atoms with Crippen LogP contribution in [0.4, 0.5) is 5.69 Å². The number of aryl methyl sites for hydroxylation is 2. The number of esters is 1. The first kappa shape index (κ1) is 26.6. The third kappa shape index (κ3) is 5.16. The van der Waals surface area contributed by atoms with Gasteiger partial charge < -0.3 is 14.4 Å². The quantitative estimate of drug-likeness (QED) is 0.235. The van der Waals surface area contributed by atoms with Crippen LogP contribution in [0.1, 0.15) is 39.8 Å². The molecule has 0 unspecified atom stereocenters. The van der Waals surface area contributed by atoms with Crippen LogP contribution in [-0.2, 0) is 9.53 Å². The molecular weight excluding hydrogens is 506 g/mol. The molecule has 9 nitrogen and oxygen atoms in total. The zero-order valence-corrected chi connectivity index (χ0v) is 22.0. The summed E-state index contributed by atoms with van der Waals surface area (Å²) in [4.78, 5) is 40.7. The van der Waals surface area contributed by atoms with E-state index in [1.807, 2.05) is 30.5 Å². The number of aliphatic hydroxyl groups is 1. The predicted octanol–water partition coefficient (Wildman–Crippen LogP) is 6.01. The molecule has 0 radical (unpaired) electrons. The van der Waals surface area contributed by atoms with Gasteiger partial charge in [-0.2, -0.15) is 0 Å². The van der Waals surface area contributed by atoms with Crippen LogP contribution in [-0.4, -0.2) is 38.1 Å². The van der Waals surface area contributed by atoms with Gasteiger partial charge in [-0.25, -0.2) is 9.79 Å². The summed E-state index contributed by atoms with van der Waals surface area (Å²) in [6.45, 7) is 7.31. The molecule has 2 aromatic carbocycles. The van der Waals surface area contributed by atoms with Crippen molar-refractivity contribution in [3.63, 3.8) is 0 Å². The predicted molar refractivity (Wildman–Crippen MR) is 147 cm³/mol. The van der Waals surface area contributed by atoms with Gasteiger partial charge in [-0.3, -0.25) is 14.9 Å².